The highest BCUT2D eigenvalue weighted by Gasteiger charge is 2.18. The number of nitrogens with zero attached hydrogens (tertiary/aromatic N) is 2. The van der Waals surface area contributed by atoms with Crippen molar-refractivity contribution >= 4 is 16.9 Å². The monoisotopic (exact) mass is 321 g/mol. The first-order valence-corrected chi connectivity index (χ1v) is 8.31. The molecule has 0 spiro atoms. The lowest BCUT2D eigenvalue weighted by molar-refractivity contribution is -0.132. The van der Waals surface area contributed by atoms with Crippen LogP contribution in [0.3, 0.4) is 0 Å². The van der Waals surface area contributed by atoms with Gasteiger partial charge >= 0.3 is 0 Å². The van der Waals surface area contributed by atoms with E-state index in [0.29, 0.717) is 13.0 Å². The van der Waals surface area contributed by atoms with Crippen molar-refractivity contribution in [3.63, 3.8) is 0 Å². The Morgan fingerprint density at radius 3 is 2.58 bits per heavy atom. The van der Waals surface area contributed by atoms with Crippen molar-refractivity contribution in [2.24, 2.45) is 0 Å². The second-order valence-corrected chi connectivity index (χ2v) is 6.45. The quantitative estimate of drug-likeness (QED) is 0.776. The summed E-state index contributed by atoms with van der Waals surface area (Å²) in [6.07, 6.45) is 0.402. The van der Waals surface area contributed by atoms with Crippen LogP contribution >= 0.6 is 0 Å². The van der Waals surface area contributed by atoms with Crippen LogP contribution in [0.1, 0.15) is 30.8 Å². The fourth-order valence-corrected chi connectivity index (χ4v) is 2.91. The number of amides is 1. The van der Waals surface area contributed by atoms with E-state index < -0.39 is 0 Å². The van der Waals surface area contributed by atoms with Crippen LogP contribution in [0.2, 0.25) is 0 Å². The zero-order valence-electron chi connectivity index (χ0n) is 14.4. The lowest BCUT2D eigenvalue weighted by Gasteiger charge is -2.27. The van der Waals surface area contributed by atoms with Gasteiger partial charge in [0.05, 0.1) is 17.5 Å². The first-order valence-electron chi connectivity index (χ1n) is 8.31. The topological polar surface area (TPSA) is 49.0 Å². The van der Waals surface area contributed by atoms with Gasteiger partial charge in [-0.15, -0.1) is 0 Å². The number of benzene rings is 2. The molecule has 0 saturated heterocycles. The third-order valence-corrected chi connectivity index (χ3v) is 4.16. The van der Waals surface area contributed by atoms with E-state index in [1.54, 1.807) is 0 Å². The van der Waals surface area contributed by atoms with Gasteiger partial charge in [-0.05, 0) is 44.0 Å². The molecule has 0 aliphatic rings. The highest BCUT2D eigenvalue weighted by Crippen LogP contribution is 2.16. The van der Waals surface area contributed by atoms with Crippen LogP contribution in [0.25, 0.3) is 11.0 Å². The molecule has 124 valence electrons. The molecule has 3 aromatic rings. The summed E-state index contributed by atoms with van der Waals surface area (Å²) in [7, 11) is 0. The van der Waals surface area contributed by atoms with Crippen molar-refractivity contribution in [3.05, 3.63) is 65.5 Å². The molecule has 0 radical (unpaired) electrons. The first kappa shape index (κ1) is 16.2. The fourth-order valence-electron chi connectivity index (χ4n) is 2.91. The minimum atomic E-state index is 0.143. The molecule has 0 aliphatic heterocycles. The maximum atomic E-state index is 12.8. The molecule has 4 nitrogen and oxygen atoms in total. The van der Waals surface area contributed by atoms with Crippen LogP contribution in [-0.2, 0) is 17.8 Å². The van der Waals surface area contributed by atoms with E-state index in [4.69, 9.17) is 0 Å². The van der Waals surface area contributed by atoms with Gasteiger partial charge in [-0.2, -0.15) is 0 Å². The van der Waals surface area contributed by atoms with Gasteiger partial charge in [-0.25, -0.2) is 4.98 Å². The van der Waals surface area contributed by atoms with Crippen LogP contribution < -0.4 is 0 Å². The summed E-state index contributed by atoms with van der Waals surface area (Å²) < 4.78 is 0. The normalized spacial score (nSPS) is 11.2. The summed E-state index contributed by atoms with van der Waals surface area (Å²) in [6, 6.07) is 16.3. The first-order chi connectivity index (χ1) is 11.5. The molecule has 0 saturated carbocycles. The van der Waals surface area contributed by atoms with Crippen molar-refractivity contribution < 1.29 is 4.79 Å². The van der Waals surface area contributed by atoms with Crippen molar-refractivity contribution in [2.45, 2.75) is 39.8 Å². The maximum absolute atomic E-state index is 12.8. The third-order valence-electron chi connectivity index (χ3n) is 4.16. The van der Waals surface area contributed by atoms with Crippen molar-refractivity contribution in [2.75, 3.05) is 0 Å². The van der Waals surface area contributed by atoms with Gasteiger partial charge in [0.15, 0.2) is 0 Å². The Bertz CT molecular complexity index is 836. The van der Waals surface area contributed by atoms with Gasteiger partial charge in [-0.1, -0.05) is 36.4 Å². The van der Waals surface area contributed by atoms with Gasteiger partial charge in [-0.3, -0.25) is 4.79 Å². The molecule has 0 fully saturated rings. The van der Waals surface area contributed by atoms with Crippen molar-refractivity contribution in [3.8, 4) is 0 Å². The number of aryl methyl sites for hydroxylation is 1. The number of fused-ring (bicyclic) bond motifs is 1. The lowest BCUT2D eigenvalue weighted by Crippen LogP contribution is -2.37. The molecular weight excluding hydrogens is 298 g/mol. The minimum absolute atomic E-state index is 0.143. The van der Waals surface area contributed by atoms with Gasteiger partial charge < -0.3 is 9.88 Å². The van der Waals surface area contributed by atoms with E-state index in [-0.39, 0.29) is 11.9 Å². The molecule has 0 unspecified atom stereocenters. The second-order valence-electron chi connectivity index (χ2n) is 6.45. The maximum Gasteiger partial charge on any atom is 0.227 e. The summed E-state index contributed by atoms with van der Waals surface area (Å²) in [6.45, 7) is 6.69. The Balaban J connectivity index is 1.76. The van der Waals surface area contributed by atoms with Crippen LogP contribution in [0.15, 0.2) is 48.5 Å². The summed E-state index contributed by atoms with van der Waals surface area (Å²) >= 11 is 0. The average Bonchev–Trinajstić information content (AvgIpc) is 2.92. The largest absolute Gasteiger partial charge is 0.342 e. The molecule has 1 amide bonds. The van der Waals surface area contributed by atoms with E-state index in [2.05, 4.69) is 35.9 Å². The third kappa shape index (κ3) is 3.65. The Kier molecular flexibility index (Phi) is 4.65. The molecule has 3 rings (SSSR count). The number of imidazole rings is 1. The Morgan fingerprint density at radius 2 is 1.88 bits per heavy atom. The highest BCUT2D eigenvalue weighted by molar-refractivity contribution is 5.82. The predicted octanol–water partition coefficient (Wildman–Crippen LogP) is 3.85. The number of carbonyl (C=O) groups excluding carboxylic acids is 1. The molecule has 4 heteroatoms. The molecule has 1 heterocycles. The number of H-pyrrole nitrogens is 1. The van der Waals surface area contributed by atoms with Gasteiger partial charge in [0.25, 0.3) is 0 Å². The van der Waals surface area contributed by atoms with Crippen LogP contribution in [-0.4, -0.2) is 26.8 Å². The molecule has 24 heavy (non-hydrogen) atoms. The Labute approximate surface area is 142 Å². The Hall–Kier alpha value is -2.62. The van der Waals surface area contributed by atoms with E-state index in [1.807, 2.05) is 48.2 Å². The fraction of sp³-hybridized carbons (Fsp3) is 0.300. The number of aromatic nitrogens is 2. The lowest BCUT2D eigenvalue weighted by atomic mass is 10.1. The van der Waals surface area contributed by atoms with Crippen LogP contribution in [0.4, 0.5) is 0 Å². The van der Waals surface area contributed by atoms with E-state index >= 15 is 0 Å². The van der Waals surface area contributed by atoms with E-state index in [9.17, 15) is 4.79 Å². The molecule has 1 N–H and O–H groups in total. The van der Waals surface area contributed by atoms with E-state index in [0.717, 1.165) is 28.0 Å². The minimum Gasteiger partial charge on any atom is -0.342 e. The summed E-state index contributed by atoms with van der Waals surface area (Å²) in [5.74, 6) is 1.03. The molecule has 0 aliphatic carbocycles. The zero-order chi connectivity index (χ0) is 17.1. The number of hydrogen-bond acceptors (Lipinski definition) is 2. The highest BCUT2D eigenvalue weighted by atomic mass is 16.2. The SMILES string of the molecule is Cc1nc2ccc(CC(=O)N(Cc3ccccc3)C(C)C)cc2[nH]1. The molecule has 1 aromatic heterocycles. The smallest absolute Gasteiger partial charge is 0.227 e. The van der Waals surface area contributed by atoms with Crippen molar-refractivity contribution in [1.82, 2.24) is 14.9 Å². The number of nitrogens with one attached hydrogen (secondary N) is 1. The predicted molar refractivity (Wildman–Crippen MR) is 96.7 cm³/mol. The molecule has 2 aromatic carbocycles. The standard InChI is InChI=1S/C20H23N3O/c1-14(2)23(13-16-7-5-4-6-8-16)20(24)12-17-9-10-18-19(11-17)22-15(3)21-18/h4-11,14H,12-13H2,1-3H3,(H,21,22). The van der Waals surface area contributed by atoms with Crippen LogP contribution in [0, 0.1) is 6.92 Å². The second kappa shape index (κ2) is 6.87. The van der Waals surface area contributed by atoms with Crippen molar-refractivity contribution in [1.29, 1.82) is 0 Å². The molecular formula is C20H23N3O. The number of carbonyl (C=O) groups is 1. The summed E-state index contributed by atoms with van der Waals surface area (Å²) in [5, 5.41) is 0. The Morgan fingerprint density at radius 1 is 1.12 bits per heavy atom. The zero-order valence-corrected chi connectivity index (χ0v) is 14.4. The van der Waals surface area contributed by atoms with Crippen LogP contribution in [0.5, 0.6) is 0 Å². The summed E-state index contributed by atoms with van der Waals surface area (Å²) in [5.41, 5.74) is 4.08. The average molecular weight is 321 g/mol. The van der Waals surface area contributed by atoms with E-state index in [1.165, 1.54) is 0 Å². The number of rotatable bonds is 5. The summed E-state index contributed by atoms with van der Waals surface area (Å²) in [4.78, 5) is 22.4. The molecule has 0 bridgehead atoms. The van der Waals surface area contributed by atoms with Gasteiger partial charge in [0.2, 0.25) is 5.91 Å². The van der Waals surface area contributed by atoms with Gasteiger partial charge in [0, 0.05) is 12.6 Å². The molecule has 0 atom stereocenters. The number of hydrogen-bond donors (Lipinski definition) is 1. The number of aromatic amines is 1. The van der Waals surface area contributed by atoms with Gasteiger partial charge in [0.1, 0.15) is 5.82 Å².